The van der Waals surface area contributed by atoms with Crippen LogP contribution in [0.25, 0.3) is 0 Å². The summed E-state index contributed by atoms with van der Waals surface area (Å²) in [4.78, 5) is 16.0. The predicted molar refractivity (Wildman–Crippen MR) is 93.8 cm³/mol. The van der Waals surface area contributed by atoms with E-state index in [4.69, 9.17) is 16.0 Å². The van der Waals surface area contributed by atoms with Crippen LogP contribution in [0.5, 0.6) is 0 Å². The second kappa shape index (κ2) is 7.02. The number of furan rings is 1. The minimum absolute atomic E-state index is 0.0294. The SMILES string of the molecule is CC(Sc1ccc(Cl)cc1)C(=O)N(C1CC1)C(C)c1ccco1. The molecule has 2 aromatic rings. The highest BCUT2D eigenvalue weighted by Gasteiger charge is 2.38. The number of thioether (sulfide) groups is 1. The maximum absolute atomic E-state index is 13.0. The highest BCUT2D eigenvalue weighted by Crippen LogP contribution is 2.37. The van der Waals surface area contributed by atoms with Crippen molar-refractivity contribution in [3.05, 3.63) is 53.4 Å². The van der Waals surface area contributed by atoms with Crippen molar-refractivity contribution in [3.63, 3.8) is 0 Å². The van der Waals surface area contributed by atoms with Gasteiger partial charge in [-0.05, 0) is 63.1 Å². The van der Waals surface area contributed by atoms with Crippen LogP contribution in [0, 0.1) is 0 Å². The molecule has 2 atom stereocenters. The predicted octanol–water partition coefficient (Wildman–Crippen LogP) is 5.17. The molecule has 122 valence electrons. The Morgan fingerprint density at radius 3 is 2.52 bits per heavy atom. The molecule has 0 spiro atoms. The fourth-order valence-corrected chi connectivity index (χ4v) is 3.73. The first-order valence-electron chi connectivity index (χ1n) is 7.84. The molecule has 1 aliphatic rings. The van der Waals surface area contributed by atoms with Gasteiger partial charge in [0.15, 0.2) is 0 Å². The number of halogens is 1. The summed E-state index contributed by atoms with van der Waals surface area (Å²) < 4.78 is 5.50. The average molecular weight is 350 g/mol. The third-order valence-corrected chi connectivity index (χ3v) is 5.39. The van der Waals surface area contributed by atoms with E-state index in [-0.39, 0.29) is 17.2 Å². The van der Waals surface area contributed by atoms with E-state index in [1.54, 1.807) is 18.0 Å². The van der Waals surface area contributed by atoms with E-state index in [1.807, 2.05) is 55.1 Å². The van der Waals surface area contributed by atoms with E-state index in [0.717, 1.165) is 23.5 Å². The van der Waals surface area contributed by atoms with Gasteiger partial charge in [-0.1, -0.05) is 11.6 Å². The topological polar surface area (TPSA) is 33.5 Å². The number of rotatable bonds is 6. The molecule has 0 saturated heterocycles. The first-order chi connectivity index (χ1) is 11.1. The standard InChI is InChI=1S/C18H20ClNO2S/c1-12(17-4-3-11-22-17)20(15-7-8-15)18(21)13(2)23-16-9-5-14(19)6-10-16/h3-6,9-13,15H,7-8H2,1-2H3. The van der Waals surface area contributed by atoms with Gasteiger partial charge in [-0.3, -0.25) is 4.79 Å². The lowest BCUT2D eigenvalue weighted by atomic mass is 10.2. The summed E-state index contributed by atoms with van der Waals surface area (Å²) in [5.74, 6) is 1.00. The molecule has 1 aromatic heterocycles. The molecule has 0 radical (unpaired) electrons. The Morgan fingerprint density at radius 1 is 1.26 bits per heavy atom. The lowest BCUT2D eigenvalue weighted by Gasteiger charge is -2.30. The Morgan fingerprint density at radius 2 is 1.96 bits per heavy atom. The van der Waals surface area contributed by atoms with Gasteiger partial charge in [0.1, 0.15) is 5.76 Å². The molecule has 1 heterocycles. The fraction of sp³-hybridized carbons (Fsp3) is 0.389. The normalized spacial score (nSPS) is 16.8. The molecule has 1 saturated carbocycles. The van der Waals surface area contributed by atoms with E-state index in [9.17, 15) is 4.79 Å². The quantitative estimate of drug-likeness (QED) is 0.675. The van der Waals surface area contributed by atoms with Crippen LogP contribution in [-0.4, -0.2) is 22.1 Å². The third kappa shape index (κ3) is 3.93. The molecule has 2 unspecified atom stereocenters. The minimum Gasteiger partial charge on any atom is -0.467 e. The average Bonchev–Trinajstić information content (AvgIpc) is 3.21. The number of hydrogen-bond acceptors (Lipinski definition) is 3. The van der Waals surface area contributed by atoms with Gasteiger partial charge >= 0.3 is 0 Å². The molecule has 3 rings (SSSR count). The first kappa shape index (κ1) is 16.5. The second-order valence-electron chi connectivity index (χ2n) is 5.88. The minimum atomic E-state index is -0.144. The van der Waals surface area contributed by atoms with E-state index in [2.05, 4.69) is 0 Å². The zero-order chi connectivity index (χ0) is 16.4. The molecule has 1 aromatic carbocycles. The van der Waals surface area contributed by atoms with Crippen molar-refractivity contribution in [2.24, 2.45) is 0 Å². The number of hydrogen-bond donors (Lipinski definition) is 0. The molecule has 0 aliphatic heterocycles. The van der Waals surface area contributed by atoms with Gasteiger partial charge in [0.25, 0.3) is 0 Å². The van der Waals surface area contributed by atoms with Gasteiger partial charge in [0.05, 0.1) is 17.6 Å². The molecular formula is C18H20ClNO2S. The summed E-state index contributed by atoms with van der Waals surface area (Å²) in [5.41, 5.74) is 0. The maximum atomic E-state index is 13.0. The number of nitrogens with zero attached hydrogens (tertiary/aromatic N) is 1. The molecule has 0 bridgehead atoms. The lowest BCUT2D eigenvalue weighted by Crippen LogP contribution is -2.40. The van der Waals surface area contributed by atoms with Crippen molar-refractivity contribution in [3.8, 4) is 0 Å². The van der Waals surface area contributed by atoms with E-state index >= 15 is 0 Å². The van der Waals surface area contributed by atoms with E-state index in [0.29, 0.717) is 11.1 Å². The van der Waals surface area contributed by atoms with Crippen LogP contribution in [0.3, 0.4) is 0 Å². The Kier molecular flexibility index (Phi) is 5.02. The van der Waals surface area contributed by atoms with Crippen LogP contribution in [0.1, 0.15) is 38.5 Å². The smallest absolute Gasteiger partial charge is 0.236 e. The van der Waals surface area contributed by atoms with Crippen molar-refractivity contribution in [2.45, 2.75) is 48.9 Å². The van der Waals surface area contributed by atoms with E-state index in [1.165, 1.54) is 0 Å². The highest BCUT2D eigenvalue weighted by molar-refractivity contribution is 8.00. The van der Waals surface area contributed by atoms with Crippen molar-refractivity contribution in [1.82, 2.24) is 4.90 Å². The fourth-order valence-electron chi connectivity index (χ4n) is 2.68. The summed E-state index contributed by atoms with van der Waals surface area (Å²) in [6, 6.07) is 11.7. The number of carbonyl (C=O) groups is 1. The Balaban J connectivity index is 1.71. The lowest BCUT2D eigenvalue weighted by molar-refractivity contribution is -0.133. The van der Waals surface area contributed by atoms with Gasteiger partial charge in [-0.25, -0.2) is 0 Å². The van der Waals surface area contributed by atoms with Crippen LogP contribution in [-0.2, 0) is 4.79 Å². The number of amides is 1. The maximum Gasteiger partial charge on any atom is 0.236 e. The van der Waals surface area contributed by atoms with Crippen LogP contribution in [0.15, 0.2) is 52.0 Å². The van der Waals surface area contributed by atoms with Crippen LogP contribution in [0.2, 0.25) is 5.02 Å². The monoisotopic (exact) mass is 349 g/mol. The van der Waals surface area contributed by atoms with Gasteiger partial charge in [-0.15, -0.1) is 11.8 Å². The Hall–Kier alpha value is -1.39. The van der Waals surface area contributed by atoms with Gasteiger partial charge < -0.3 is 9.32 Å². The molecule has 1 fully saturated rings. The molecule has 3 nitrogen and oxygen atoms in total. The van der Waals surface area contributed by atoms with Gasteiger partial charge in [0.2, 0.25) is 5.91 Å². The summed E-state index contributed by atoms with van der Waals surface area (Å²) in [7, 11) is 0. The zero-order valence-electron chi connectivity index (χ0n) is 13.2. The van der Waals surface area contributed by atoms with Gasteiger partial charge in [0, 0.05) is 16.0 Å². The summed E-state index contributed by atoms with van der Waals surface area (Å²) in [6.45, 7) is 4.00. The molecule has 1 amide bonds. The molecular weight excluding hydrogens is 330 g/mol. The van der Waals surface area contributed by atoms with Crippen molar-refractivity contribution in [2.75, 3.05) is 0 Å². The molecule has 5 heteroatoms. The van der Waals surface area contributed by atoms with Crippen LogP contribution in [0.4, 0.5) is 0 Å². The molecule has 1 aliphatic carbocycles. The summed E-state index contributed by atoms with van der Waals surface area (Å²) in [6.07, 6.45) is 3.82. The number of carbonyl (C=O) groups excluding carboxylic acids is 1. The molecule has 0 N–H and O–H groups in total. The van der Waals surface area contributed by atoms with Crippen LogP contribution >= 0.6 is 23.4 Å². The first-order valence-corrected chi connectivity index (χ1v) is 9.10. The van der Waals surface area contributed by atoms with E-state index < -0.39 is 0 Å². The second-order valence-corrected chi connectivity index (χ2v) is 7.73. The highest BCUT2D eigenvalue weighted by atomic mass is 35.5. The summed E-state index contributed by atoms with van der Waals surface area (Å²) >= 11 is 7.48. The van der Waals surface area contributed by atoms with Gasteiger partial charge in [-0.2, -0.15) is 0 Å². The molecule has 23 heavy (non-hydrogen) atoms. The summed E-state index contributed by atoms with van der Waals surface area (Å²) in [5, 5.41) is 0.563. The van der Waals surface area contributed by atoms with Crippen LogP contribution < -0.4 is 0 Å². The Bertz CT molecular complexity index is 652. The van der Waals surface area contributed by atoms with Crippen molar-refractivity contribution >= 4 is 29.3 Å². The van der Waals surface area contributed by atoms with Crippen molar-refractivity contribution < 1.29 is 9.21 Å². The largest absolute Gasteiger partial charge is 0.467 e. The third-order valence-electron chi connectivity index (χ3n) is 4.04. The zero-order valence-corrected chi connectivity index (χ0v) is 14.8. The number of benzene rings is 1. The Labute approximate surface area is 146 Å². The van der Waals surface area contributed by atoms with Crippen molar-refractivity contribution in [1.29, 1.82) is 0 Å².